The van der Waals surface area contributed by atoms with Crippen molar-refractivity contribution < 1.29 is 17.9 Å². The van der Waals surface area contributed by atoms with E-state index in [1.807, 2.05) is 24.3 Å². The number of methoxy groups -OCH3 is 2. The van der Waals surface area contributed by atoms with E-state index in [4.69, 9.17) is 9.47 Å². The summed E-state index contributed by atoms with van der Waals surface area (Å²) in [4.78, 5) is 2.54. The molecule has 6 nitrogen and oxygen atoms in total. The quantitative estimate of drug-likeness (QED) is 0.671. The Hall–Kier alpha value is -1.61. The Morgan fingerprint density at radius 3 is 2.33 bits per heavy atom. The largest absolute Gasteiger partial charge is 0.497 e. The second-order valence-electron chi connectivity index (χ2n) is 6.29. The Morgan fingerprint density at radius 2 is 1.70 bits per heavy atom. The molecule has 0 saturated carbocycles. The second-order valence-corrected chi connectivity index (χ2v) is 9.05. The lowest BCUT2D eigenvalue weighted by molar-refractivity contribution is 0.180. The number of hydrogen-bond acceptors (Lipinski definition) is 5. The summed E-state index contributed by atoms with van der Waals surface area (Å²) in [5.74, 6) is 1.58. The highest BCUT2D eigenvalue weighted by molar-refractivity contribution is 9.10. The molecule has 0 bridgehead atoms. The Kier molecular flexibility index (Phi) is 6.41. The van der Waals surface area contributed by atoms with Gasteiger partial charge in [0.2, 0.25) is 10.0 Å². The van der Waals surface area contributed by atoms with Gasteiger partial charge in [-0.15, -0.1) is 0 Å². The van der Waals surface area contributed by atoms with E-state index in [1.54, 1.807) is 36.7 Å². The lowest BCUT2D eigenvalue weighted by Gasteiger charge is -2.34. The number of benzene rings is 2. The number of piperazine rings is 1. The molecule has 1 aliphatic heterocycles. The molecule has 0 atom stereocenters. The van der Waals surface area contributed by atoms with Crippen molar-refractivity contribution in [3.63, 3.8) is 0 Å². The molecule has 2 aromatic rings. The molecule has 0 unspecified atom stereocenters. The van der Waals surface area contributed by atoms with Crippen molar-refractivity contribution in [2.45, 2.75) is 11.4 Å². The summed E-state index contributed by atoms with van der Waals surface area (Å²) in [6.07, 6.45) is 0. The van der Waals surface area contributed by atoms with Crippen molar-refractivity contribution in [3.8, 4) is 11.5 Å². The molecule has 0 aromatic heterocycles. The van der Waals surface area contributed by atoms with Gasteiger partial charge in [0.25, 0.3) is 0 Å². The van der Waals surface area contributed by atoms with Gasteiger partial charge >= 0.3 is 0 Å². The van der Waals surface area contributed by atoms with Crippen molar-refractivity contribution >= 4 is 26.0 Å². The fourth-order valence-corrected chi connectivity index (χ4v) is 5.55. The highest BCUT2D eigenvalue weighted by Crippen LogP contribution is 2.28. The molecule has 1 heterocycles. The fourth-order valence-electron chi connectivity index (χ4n) is 3.17. The summed E-state index contributed by atoms with van der Waals surface area (Å²) in [5, 5.41) is 0. The van der Waals surface area contributed by atoms with Gasteiger partial charge in [-0.1, -0.05) is 12.1 Å². The number of rotatable bonds is 6. The van der Waals surface area contributed by atoms with Crippen molar-refractivity contribution in [2.24, 2.45) is 0 Å². The van der Waals surface area contributed by atoms with Crippen LogP contribution in [0, 0.1) is 0 Å². The normalized spacial score (nSPS) is 16.3. The van der Waals surface area contributed by atoms with Crippen molar-refractivity contribution in [1.29, 1.82) is 0 Å². The van der Waals surface area contributed by atoms with Crippen molar-refractivity contribution in [3.05, 3.63) is 52.5 Å². The third kappa shape index (κ3) is 4.45. The molecular weight excluding hydrogens is 432 g/mol. The number of ether oxygens (including phenoxy) is 2. The molecule has 2 aromatic carbocycles. The molecule has 3 rings (SSSR count). The van der Waals surface area contributed by atoms with Crippen LogP contribution in [0.1, 0.15) is 5.56 Å². The molecule has 0 aliphatic carbocycles. The zero-order chi connectivity index (χ0) is 19.4. The monoisotopic (exact) mass is 454 g/mol. The Morgan fingerprint density at radius 1 is 1.00 bits per heavy atom. The molecule has 0 radical (unpaired) electrons. The van der Waals surface area contributed by atoms with Crippen LogP contribution in [-0.4, -0.2) is 58.0 Å². The molecule has 0 spiro atoms. The topological polar surface area (TPSA) is 59.1 Å². The summed E-state index contributed by atoms with van der Waals surface area (Å²) in [5.41, 5.74) is 1.03. The van der Waals surface area contributed by atoms with Crippen LogP contribution >= 0.6 is 15.9 Å². The predicted molar refractivity (Wildman–Crippen MR) is 108 cm³/mol. The van der Waals surface area contributed by atoms with E-state index >= 15 is 0 Å². The van der Waals surface area contributed by atoms with Crippen molar-refractivity contribution in [2.75, 3.05) is 40.4 Å². The minimum absolute atomic E-state index is 0.313. The molecule has 0 amide bonds. The molecule has 1 saturated heterocycles. The van der Waals surface area contributed by atoms with E-state index in [0.717, 1.165) is 17.1 Å². The van der Waals surface area contributed by atoms with Crippen LogP contribution in [0.2, 0.25) is 0 Å². The van der Waals surface area contributed by atoms with Gasteiger partial charge in [-0.25, -0.2) is 8.42 Å². The first-order chi connectivity index (χ1) is 13.0. The van der Waals surface area contributed by atoms with Crippen LogP contribution in [-0.2, 0) is 16.6 Å². The summed E-state index contributed by atoms with van der Waals surface area (Å²) in [7, 11) is -0.215. The van der Waals surface area contributed by atoms with Gasteiger partial charge in [0.1, 0.15) is 11.5 Å². The minimum atomic E-state index is -3.50. The lowest BCUT2D eigenvalue weighted by Crippen LogP contribution is -2.48. The molecule has 1 aliphatic rings. The predicted octanol–water partition coefficient (Wildman–Crippen LogP) is 2.97. The van der Waals surface area contributed by atoms with Crippen LogP contribution in [0.4, 0.5) is 0 Å². The second kappa shape index (κ2) is 8.60. The summed E-state index contributed by atoms with van der Waals surface area (Å²) >= 11 is 3.34. The van der Waals surface area contributed by atoms with Crippen LogP contribution in [0.25, 0.3) is 0 Å². The van der Waals surface area contributed by atoms with Crippen molar-refractivity contribution in [1.82, 2.24) is 9.21 Å². The molecule has 0 N–H and O–H groups in total. The van der Waals surface area contributed by atoms with Gasteiger partial charge in [0.15, 0.2) is 0 Å². The average Bonchev–Trinajstić information content (AvgIpc) is 2.68. The van der Waals surface area contributed by atoms with Crippen LogP contribution in [0.5, 0.6) is 11.5 Å². The lowest BCUT2D eigenvalue weighted by atomic mass is 10.1. The third-order valence-electron chi connectivity index (χ3n) is 4.67. The van der Waals surface area contributed by atoms with E-state index in [1.165, 1.54) is 0 Å². The van der Waals surface area contributed by atoms with Crippen LogP contribution in [0.3, 0.4) is 0 Å². The zero-order valence-electron chi connectivity index (χ0n) is 15.4. The maximum Gasteiger partial charge on any atom is 0.244 e. The first kappa shape index (κ1) is 20.1. The SMILES string of the molecule is COc1ccc(OC)c(CN2CCN(S(=O)(=O)c3ccccc3Br)CC2)c1. The average molecular weight is 455 g/mol. The van der Waals surface area contributed by atoms with E-state index in [0.29, 0.717) is 42.1 Å². The summed E-state index contributed by atoms with van der Waals surface area (Å²) in [6, 6.07) is 12.6. The van der Waals surface area contributed by atoms with Crippen LogP contribution < -0.4 is 9.47 Å². The number of halogens is 1. The first-order valence-electron chi connectivity index (χ1n) is 8.63. The third-order valence-corrected chi connectivity index (χ3v) is 7.58. The number of hydrogen-bond donors (Lipinski definition) is 0. The van der Waals surface area contributed by atoms with Gasteiger partial charge in [0.05, 0.1) is 19.1 Å². The maximum atomic E-state index is 12.9. The molecule has 146 valence electrons. The first-order valence-corrected chi connectivity index (χ1v) is 10.9. The standard InChI is InChI=1S/C19H23BrN2O4S/c1-25-16-7-8-18(26-2)15(13-16)14-21-9-11-22(12-10-21)27(23,24)19-6-4-3-5-17(19)20/h3-8,13H,9-12,14H2,1-2H3. The van der Waals surface area contributed by atoms with Crippen LogP contribution in [0.15, 0.2) is 51.8 Å². The molecule has 27 heavy (non-hydrogen) atoms. The van der Waals surface area contributed by atoms with E-state index in [-0.39, 0.29) is 0 Å². The minimum Gasteiger partial charge on any atom is -0.497 e. The molecule has 1 fully saturated rings. The Labute approximate surface area is 168 Å². The maximum absolute atomic E-state index is 12.9. The van der Waals surface area contributed by atoms with Gasteiger partial charge in [-0.05, 0) is 46.3 Å². The highest BCUT2D eigenvalue weighted by Gasteiger charge is 2.30. The zero-order valence-corrected chi connectivity index (χ0v) is 17.8. The van der Waals surface area contributed by atoms with Gasteiger partial charge in [-0.3, -0.25) is 4.90 Å². The van der Waals surface area contributed by atoms with Gasteiger partial charge in [0, 0.05) is 42.8 Å². The fraction of sp³-hybridized carbons (Fsp3) is 0.368. The van der Waals surface area contributed by atoms with E-state index in [9.17, 15) is 8.42 Å². The highest BCUT2D eigenvalue weighted by atomic mass is 79.9. The van der Waals surface area contributed by atoms with E-state index in [2.05, 4.69) is 20.8 Å². The molecule has 8 heteroatoms. The number of sulfonamides is 1. The Bertz CT molecular complexity index is 896. The summed E-state index contributed by atoms with van der Waals surface area (Å²) < 4.78 is 38.7. The number of nitrogens with zero attached hydrogens (tertiary/aromatic N) is 2. The smallest absolute Gasteiger partial charge is 0.244 e. The summed E-state index contributed by atoms with van der Waals surface area (Å²) in [6.45, 7) is 2.91. The molecular formula is C19H23BrN2O4S. The Balaban J connectivity index is 1.68. The van der Waals surface area contributed by atoms with E-state index < -0.39 is 10.0 Å². The van der Waals surface area contributed by atoms with Gasteiger partial charge in [-0.2, -0.15) is 4.31 Å². The van der Waals surface area contributed by atoms with Gasteiger partial charge < -0.3 is 9.47 Å².